The Balaban J connectivity index is 1.65. The molecule has 0 saturated carbocycles. The first-order valence-corrected chi connectivity index (χ1v) is 10.2. The third kappa shape index (κ3) is 3.85. The van der Waals surface area contributed by atoms with E-state index in [1.54, 1.807) is 22.8 Å². The topological polar surface area (TPSA) is 70.9 Å². The number of nitrogens with zero attached hydrogens (tertiary/aromatic N) is 2. The molecule has 0 bridgehead atoms. The number of hydrogen-bond acceptors (Lipinski definition) is 3. The molecule has 0 aromatic heterocycles. The minimum atomic E-state index is -0.140. The molecule has 152 valence electrons. The minimum Gasteiger partial charge on any atom is -0.508 e. The maximum atomic E-state index is 13.2. The van der Waals surface area contributed by atoms with Gasteiger partial charge in [-0.3, -0.25) is 9.36 Å². The molecule has 5 heteroatoms. The van der Waals surface area contributed by atoms with Crippen molar-refractivity contribution in [3.8, 4) is 22.8 Å². The molecule has 3 aromatic rings. The summed E-state index contributed by atoms with van der Waals surface area (Å²) in [6.07, 6.45) is 2.81. The molecule has 0 spiro atoms. The Labute approximate surface area is 179 Å². The number of H-pyrrole nitrogens is 1. The second-order valence-electron chi connectivity index (χ2n) is 7.58. The van der Waals surface area contributed by atoms with Crippen LogP contribution in [0, 0.1) is 0 Å². The smallest absolute Gasteiger partial charge is 0.278 e. The maximum Gasteiger partial charge on any atom is 0.278 e. The summed E-state index contributed by atoms with van der Waals surface area (Å²) in [7, 11) is 0. The lowest BCUT2D eigenvalue weighted by atomic mass is 10.1. The van der Waals surface area contributed by atoms with Crippen LogP contribution in [-0.2, 0) is 12.8 Å². The van der Waals surface area contributed by atoms with Crippen molar-refractivity contribution in [1.29, 1.82) is 0 Å². The zero-order valence-corrected chi connectivity index (χ0v) is 16.8. The van der Waals surface area contributed by atoms with Crippen LogP contribution in [0.1, 0.15) is 22.5 Å². The number of fused-ring (bicyclic) bond motifs is 1. The monoisotopic (exact) mass is 407 g/mol. The highest BCUT2D eigenvalue weighted by Gasteiger charge is 2.20. The number of aromatic amines is 1. The summed E-state index contributed by atoms with van der Waals surface area (Å²) in [5, 5.41) is 9.76. The zero-order valence-electron chi connectivity index (χ0n) is 16.8. The fourth-order valence-corrected chi connectivity index (χ4v) is 3.84. The van der Waals surface area contributed by atoms with Gasteiger partial charge in [-0.25, -0.2) is 4.98 Å². The molecule has 2 aliphatic heterocycles. The van der Waals surface area contributed by atoms with Crippen molar-refractivity contribution in [3.05, 3.63) is 124 Å². The predicted molar refractivity (Wildman–Crippen MR) is 121 cm³/mol. The molecule has 5 rings (SSSR count). The van der Waals surface area contributed by atoms with Crippen LogP contribution < -0.4 is 5.56 Å². The molecule has 2 N–H and O–H groups in total. The highest BCUT2D eigenvalue weighted by molar-refractivity contribution is 5.60. The van der Waals surface area contributed by atoms with Crippen molar-refractivity contribution in [2.75, 3.05) is 0 Å². The second-order valence-corrected chi connectivity index (χ2v) is 7.58. The van der Waals surface area contributed by atoms with Gasteiger partial charge in [0.25, 0.3) is 5.56 Å². The van der Waals surface area contributed by atoms with E-state index in [0.29, 0.717) is 24.4 Å². The van der Waals surface area contributed by atoms with Crippen molar-refractivity contribution in [3.63, 3.8) is 0 Å². The molecule has 5 nitrogen and oxygen atoms in total. The van der Waals surface area contributed by atoms with E-state index in [1.807, 2.05) is 60.8 Å². The minimum absolute atomic E-state index is 0.140. The second kappa shape index (κ2) is 7.95. The van der Waals surface area contributed by atoms with Gasteiger partial charge in [-0.1, -0.05) is 72.8 Å². The van der Waals surface area contributed by atoms with Gasteiger partial charge in [-0.05, 0) is 28.8 Å². The van der Waals surface area contributed by atoms with E-state index < -0.39 is 0 Å². The van der Waals surface area contributed by atoms with Crippen molar-refractivity contribution < 1.29 is 5.11 Å². The number of aromatic hydroxyl groups is 1. The SMILES string of the molecule is O=c1c(Cc2cccc(O)c2)nc2c(Cc3ccccc3)[nH]c(-c3ccccc3)cn1-2. The van der Waals surface area contributed by atoms with E-state index in [1.165, 1.54) is 0 Å². The first-order chi connectivity index (χ1) is 15.2. The Morgan fingerprint density at radius 1 is 0.839 bits per heavy atom. The molecule has 3 aromatic carbocycles. The van der Waals surface area contributed by atoms with Crippen molar-refractivity contribution in [1.82, 2.24) is 14.5 Å². The molecule has 0 amide bonds. The Morgan fingerprint density at radius 2 is 1.55 bits per heavy atom. The van der Waals surface area contributed by atoms with Crippen molar-refractivity contribution in [2.24, 2.45) is 0 Å². The quantitative estimate of drug-likeness (QED) is 0.449. The Hall–Kier alpha value is -4.12. The molecule has 0 atom stereocenters. The van der Waals surface area contributed by atoms with Crippen LogP contribution >= 0.6 is 0 Å². The van der Waals surface area contributed by atoms with Crippen LogP contribution in [0.4, 0.5) is 0 Å². The fourth-order valence-electron chi connectivity index (χ4n) is 3.84. The molecular weight excluding hydrogens is 386 g/mol. The van der Waals surface area contributed by atoms with Gasteiger partial charge in [0.2, 0.25) is 0 Å². The average Bonchev–Trinajstić information content (AvgIpc) is 3.11. The third-order valence-electron chi connectivity index (χ3n) is 5.34. The van der Waals surface area contributed by atoms with Gasteiger partial charge < -0.3 is 10.1 Å². The summed E-state index contributed by atoms with van der Waals surface area (Å²) < 4.78 is 1.63. The van der Waals surface area contributed by atoms with Gasteiger partial charge >= 0.3 is 0 Å². The summed E-state index contributed by atoms with van der Waals surface area (Å²) in [4.78, 5) is 21.4. The van der Waals surface area contributed by atoms with Crippen LogP contribution in [0.5, 0.6) is 5.75 Å². The van der Waals surface area contributed by atoms with Gasteiger partial charge in [-0.2, -0.15) is 0 Å². The third-order valence-corrected chi connectivity index (χ3v) is 5.34. The van der Waals surface area contributed by atoms with Gasteiger partial charge in [0.05, 0.1) is 11.4 Å². The first-order valence-electron chi connectivity index (χ1n) is 10.2. The molecule has 0 unspecified atom stereocenters. The molecule has 2 heterocycles. The lowest BCUT2D eigenvalue weighted by molar-refractivity contribution is 0.474. The van der Waals surface area contributed by atoms with Crippen molar-refractivity contribution in [2.45, 2.75) is 12.8 Å². The number of rotatable bonds is 5. The molecule has 0 saturated heterocycles. The molecule has 0 radical (unpaired) electrons. The van der Waals surface area contributed by atoms with E-state index in [4.69, 9.17) is 4.98 Å². The number of imidazole rings is 1. The van der Waals surface area contributed by atoms with E-state index in [9.17, 15) is 9.90 Å². The summed E-state index contributed by atoms with van der Waals surface area (Å²) in [5.41, 5.74) is 5.04. The Kier molecular flexibility index (Phi) is 4.84. The van der Waals surface area contributed by atoms with E-state index in [0.717, 1.165) is 28.1 Å². The number of hydrogen-bond donors (Lipinski definition) is 2. The van der Waals surface area contributed by atoms with E-state index in [-0.39, 0.29) is 11.3 Å². The van der Waals surface area contributed by atoms with E-state index in [2.05, 4.69) is 17.1 Å². The van der Waals surface area contributed by atoms with Crippen LogP contribution in [0.15, 0.2) is 95.9 Å². The van der Waals surface area contributed by atoms with Crippen LogP contribution in [-0.4, -0.2) is 19.6 Å². The zero-order chi connectivity index (χ0) is 21.2. The van der Waals surface area contributed by atoms with Crippen molar-refractivity contribution >= 4 is 0 Å². The number of phenolic OH excluding ortho intramolecular Hbond substituents is 1. The maximum absolute atomic E-state index is 13.2. The predicted octanol–water partition coefficient (Wildman–Crippen LogP) is 4.55. The average molecular weight is 407 g/mol. The normalized spacial score (nSPS) is 11.1. The Bertz CT molecular complexity index is 1350. The molecular formula is C26H21N3O2. The number of benzene rings is 3. The summed E-state index contributed by atoms with van der Waals surface area (Å²) >= 11 is 0. The highest BCUT2D eigenvalue weighted by Crippen LogP contribution is 2.24. The first kappa shape index (κ1) is 18.9. The molecule has 2 aliphatic rings. The van der Waals surface area contributed by atoms with Crippen LogP contribution in [0.2, 0.25) is 0 Å². The van der Waals surface area contributed by atoms with Crippen LogP contribution in [0.25, 0.3) is 17.1 Å². The molecule has 0 fully saturated rings. The summed E-state index contributed by atoms with van der Waals surface area (Å²) in [6.45, 7) is 0. The van der Waals surface area contributed by atoms with Gasteiger partial charge in [0.15, 0.2) is 5.82 Å². The Morgan fingerprint density at radius 3 is 2.29 bits per heavy atom. The molecule has 31 heavy (non-hydrogen) atoms. The van der Waals surface area contributed by atoms with Gasteiger partial charge in [-0.15, -0.1) is 0 Å². The largest absolute Gasteiger partial charge is 0.508 e. The number of aromatic nitrogens is 3. The number of phenols is 1. The summed E-state index contributed by atoms with van der Waals surface area (Å²) in [6, 6.07) is 27.0. The molecule has 0 aliphatic carbocycles. The van der Waals surface area contributed by atoms with Gasteiger partial charge in [0.1, 0.15) is 11.4 Å². The highest BCUT2D eigenvalue weighted by atomic mass is 16.3. The van der Waals surface area contributed by atoms with E-state index >= 15 is 0 Å². The van der Waals surface area contributed by atoms with Gasteiger partial charge in [0, 0.05) is 19.0 Å². The number of nitrogens with one attached hydrogen (secondary N) is 1. The lowest BCUT2D eigenvalue weighted by Crippen LogP contribution is -2.17. The van der Waals surface area contributed by atoms with Crippen LogP contribution in [0.3, 0.4) is 0 Å². The summed E-state index contributed by atoms with van der Waals surface area (Å²) in [5.74, 6) is 0.807. The fraction of sp³-hybridized carbons (Fsp3) is 0.0769. The lowest BCUT2D eigenvalue weighted by Gasteiger charge is -2.13. The standard InChI is InChI=1S/C26H21N3O2/c30-21-13-7-10-19(14-21)16-23-26(31)29-17-24(20-11-5-2-6-12-20)27-22(25(29)28-23)15-18-8-3-1-4-9-18/h1-14,17,27,30H,15-16H2.